The molecule has 0 amide bonds. The van der Waals surface area contributed by atoms with Crippen molar-refractivity contribution in [3.63, 3.8) is 0 Å². The van der Waals surface area contributed by atoms with Gasteiger partial charge in [0.2, 0.25) is 0 Å². The average molecular weight is 150 g/mol. The Bertz CT molecular complexity index is 4.85. The van der Waals surface area contributed by atoms with Crippen molar-refractivity contribution in [2.75, 3.05) is 0 Å². The van der Waals surface area contributed by atoms with Crippen LogP contribution in [0.1, 0.15) is 0 Å². The van der Waals surface area contributed by atoms with Crippen molar-refractivity contribution < 1.29 is 165 Å². The molecule has 0 bridgehead atoms. The minimum Gasteiger partial charge on any atom is -2.00 e. The molecule has 0 radical (unpaired) electrons. The molecule has 0 aliphatic heterocycles. The van der Waals surface area contributed by atoms with E-state index in [1.165, 1.54) is 0 Å². The van der Waals surface area contributed by atoms with Crippen LogP contribution in [0, 0.1) is 0 Å². The number of hydrogen-bond acceptors (Lipinski definition) is 1. The Morgan fingerprint density at radius 2 is 0.600 bits per heavy atom. The molecule has 0 atom stereocenters. The Balaban J connectivity index is 0. The van der Waals surface area contributed by atoms with Gasteiger partial charge >= 0.3 is 154 Å². The fraction of sp³-hybridized carbons (Fsp3) is 0. The van der Waals surface area contributed by atoms with Crippen LogP contribution in [-0.2, 0) is 5.48 Å². The molecule has 0 fully saturated rings. The van der Waals surface area contributed by atoms with E-state index in [1.54, 1.807) is 0 Å². The largest absolute Gasteiger partial charge is 2.00 e. The van der Waals surface area contributed by atoms with Gasteiger partial charge in [0.25, 0.3) is 0 Å². The first-order chi connectivity index (χ1) is 0. The maximum Gasteiger partial charge on any atom is 1.00 e. The molecule has 5 heavy (non-hydrogen) atoms. The van der Waals surface area contributed by atoms with Gasteiger partial charge in [0.15, 0.2) is 0 Å². The molecule has 5 heteroatoms. The summed E-state index contributed by atoms with van der Waals surface area (Å²) in [5, 5.41) is 0. The van der Waals surface area contributed by atoms with E-state index >= 15 is 0 Å². The smallest absolute Gasteiger partial charge is 1.00 e. The van der Waals surface area contributed by atoms with Crippen LogP contribution < -0.4 is 154 Å². The van der Waals surface area contributed by atoms with Crippen molar-refractivity contribution in [2.24, 2.45) is 0 Å². The van der Waals surface area contributed by atoms with Gasteiger partial charge in [-0.3, -0.25) is 0 Å². The van der Waals surface area contributed by atoms with Crippen molar-refractivity contribution >= 4 is 0 Å². The maximum atomic E-state index is 0. The van der Waals surface area contributed by atoms with Crippen molar-refractivity contribution in [3.8, 4) is 0 Å². The predicted molar refractivity (Wildman–Crippen MR) is 2.62 cm³/mol. The van der Waals surface area contributed by atoms with E-state index in [1.807, 2.05) is 0 Å². The Labute approximate surface area is 159 Å². The molecular weight excluding hydrogens is 149 g/mol. The monoisotopic (exact) mass is 150 g/mol. The Morgan fingerprint density at radius 3 is 0.600 bits per heavy atom. The summed E-state index contributed by atoms with van der Waals surface area (Å²) in [7, 11) is 0. The van der Waals surface area contributed by atoms with E-state index in [9.17, 15) is 0 Å². The minimum absolute atomic E-state index is 0. The van der Waals surface area contributed by atoms with Crippen LogP contribution in [-0.4, -0.2) is 5.48 Å². The third-order valence-corrected chi connectivity index (χ3v) is 0. The Kier molecular flexibility index (Phi) is 152. The molecule has 0 saturated carbocycles. The molecular formula is HK3O2. The summed E-state index contributed by atoms with van der Waals surface area (Å²) in [6.07, 6.45) is 0. The number of rotatable bonds is 0. The predicted octanol–water partition coefficient (Wildman–Crippen LogP) is -9.28. The second-order valence-electron chi connectivity index (χ2n) is 0. The van der Waals surface area contributed by atoms with Gasteiger partial charge in [-0.2, -0.15) is 0 Å². The normalized spacial score (nSPS) is 0. The van der Waals surface area contributed by atoms with Crippen LogP contribution in [0.2, 0.25) is 0 Å². The molecule has 1 N–H and O–H groups in total. The van der Waals surface area contributed by atoms with Gasteiger partial charge in [0.05, 0.1) is 0 Å². The van der Waals surface area contributed by atoms with E-state index in [0.717, 1.165) is 0 Å². The van der Waals surface area contributed by atoms with E-state index in [-0.39, 0.29) is 165 Å². The molecule has 0 aromatic heterocycles. The zero-order valence-electron chi connectivity index (χ0n) is 3.86. The molecule has 0 aliphatic carbocycles. The summed E-state index contributed by atoms with van der Waals surface area (Å²) in [4.78, 5) is 0. The summed E-state index contributed by atoms with van der Waals surface area (Å²) in [5.41, 5.74) is 0. The summed E-state index contributed by atoms with van der Waals surface area (Å²) < 4.78 is 0. The van der Waals surface area contributed by atoms with Gasteiger partial charge in [-0.05, 0) is 0 Å². The second-order valence-corrected chi connectivity index (χ2v) is 0. The van der Waals surface area contributed by atoms with E-state index in [0.29, 0.717) is 0 Å². The van der Waals surface area contributed by atoms with Gasteiger partial charge in [0, 0.05) is 0 Å². The van der Waals surface area contributed by atoms with E-state index in [2.05, 4.69) is 0 Å². The van der Waals surface area contributed by atoms with E-state index < -0.39 is 0 Å². The third kappa shape index (κ3) is 17.7. The van der Waals surface area contributed by atoms with Crippen molar-refractivity contribution in [1.29, 1.82) is 0 Å². The van der Waals surface area contributed by atoms with Gasteiger partial charge < -0.3 is 11.0 Å². The molecule has 0 saturated heterocycles. The maximum absolute atomic E-state index is 0. The molecule has 2 nitrogen and oxygen atoms in total. The van der Waals surface area contributed by atoms with Crippen LogP contribution in [0.5, 0.6) is 0 Å². The summed E-state index contributed by atoms with van der Waals surface area (Å²) in [5.74, 6) is 0. The van der Waals surface area contributed by atoms with Crippen molar-refractivity contribution in [1.82, 2.24) is 0 Å². The van der Waals surface area contributed by atoms with Crippen molar-refractivity contribution in [3.05, 3.63) is 0 Å². The van der Waals surface area contributed by atoms with Crippen LogP contribution >= 0.6 is 0 Å². The van der Waals surface area contributed by atoms with E-state index in [4.69, 9.17) is 0 Å². The fourth-order valence-corrected chi connectivity index (χ4v) is 0. The van der Waals surface area contributed by atoms with Crippen molar-refractivity contribution in [2.45, 2.75) is 0 Å². The zero-order chi connectivity index (χ0) is 0. The summed E-state index contributed by atoms with van der Waals surface area (Å²) >= 11 is 0. The Morgan fingerprint density at radius 1 is 0.600 bits per heavy atom. The fourth-order valence-electron chi connectivity index (χ4n) is 0. The van der Waals surface area contributed by atoms with Crippen LogP contribution in [0.3, 0.4) is 0 Å². The van der Waals surface area contributed by atoms with Gasteiger partial charge in [0.1, 0.15) is 0 Å². The van der Waals surface area contributed by atoms with Crippen LogP contribution in [0.25, 0.3) is 0 Å². The average Bonchev–Trinajstić information content (AvgIpc) is 0. The van der Waals surface area contributed by atoms with Gasteiger partial charge in [-0.1, -0.05) is 0 Å². The third-order valence-electron chi connectivity index (χ3n) is 0. The molecule has 0 rings (SSSR count). The topological polar surface area (TPSA) is 58.5 Å². The van der Waals surface area contributed by atoms with Crippen LogP contribution in [0.15, 0.2) is 0 Å². The molecule has 0 unspecified atom stereocenters. The second kappa shape index (κ2) is 23.2. The van der Waals surface area contributed by atoms with Gasteiger partial charge in [-0.25, -0.2) is 0 Å². The molecule has 0 heterocycles. The minimum atomic E-state index is 0. The molecule has 0 aromatic carbocycles. The molecule has 0 spiro atoms. The SMILES string of the molecule is [K+].[K+].[K+].[O-2].[OH-]. The Hall–Kier alpha value is 4.83. The summed E-state index contributed by atoms with van der Waals surface area (Å²) in [6, 6.07) is 0. The quantitative estimate of drug-likeness (QED) is 0.316. The molecule has 0 aliphatic rings. The van der Waals surface area contributed by atoms with Crippen LogP contribution in [0.4, 0.5) is 0 Å². The summed E-state index contributed by atoms with van der Waals surface area (Å²) in [6.45, 7) is 0. The zero-order valence-corrected chi connectivity index (χ0v) is 13.2. The van der Waals surface area contributed by atoms with Gasteiger partial charge in [-0.15, -0.1) is 0 Å². The first kappa shape index (κ1) is 32.9. The first-order valence-electron chi connectivity index (χ1n) is 0. The first-order valence-corrected chi connectivity index (χ1v) is 0. The molecule has 16 valence electrons. The molecule has 0 aromatic rings. The number of hydrogen-bond donors (Lipinski definition) is 0. The standard InChI is InChI=1S/3K.H2O.O/h;;;1H2;/q3*+1;;-2/p-1.